The summed E-state index contributed by atoms with van der Waals surface area (Å²) in [6, 6.07) is 23.3. The van der Waals surface area contributed by atoms with Crippen molar-refractivity contribution >= 4 is 18.4 Å². The van der Waals surface area contributed by atoms with E-state index < -0.39 is 8.07 Å². The number of unbranched alkanes of at least 4 members (excludes halogenated alkanes) is 6. The summed E-state index contributed by atoms with van der Waals surface area (Å²) in [5.41, 5.74) is 1.54. The summed E-state index contributed by atoms with van der Waals surface area (Å²) in [5, 5.41) is 3.30. The van der Waals surface area contributed by atoms with Crippen molar-refractivity contribution < 1.29 is 0 Å². The summed E-state index contributed by atoms with van der Waals surface area (Å²) in [6.07, 6.45) is 13.7. The van der Waals surface area contributed by atoms with E-state index in [4.69, 9.17) is 0 Å². The average molecular weight is 409 g/mol. The van der Waals surface area contributed by atoms with Crippen LogP contribution in [-0.2, 0) is 0 Å². The van der Waals surface area contributed by atoms with Crippen LogP contribution in [0, 0.1) is 0 Å². The molecule has 0 amide bonds. The largest absolute Gasteiger partial charge is 0.123 e. The number of benzene rings is 2. The van der Waals surface area contributed by atoms with Crippen molar-refractivity contribution in [2.75, 3.05) is 0 Å². The highest BCUT2D eigenvalue weighted by Crippen LogP contribution is 2.39. The minimum Gasteiger partial charge on any atom is -0.0654 e. The molecular weight excluding hydrogens is 364 g/mol. The van der Waals surface area contributed by atoms with E-state index in [1.807, 2.05) is 0 Å². The second kappa shape index (κ2) is 13.1. The predicted molar refractivity (Wildman–Crippen MR) is 134 cm³/mol. The van der Waals surface area contributed by atoms with Crippen molar-refractivity contribution in [2.45, 2.75) is 103 Å². The molecular formula is C28H44Si. The normalized spacial score (nSPS) is 13.9. The fourth-order valence-electron chi connectivity index (χ4n) is 5.43. The molecule has 0 aliphatic rings. The SMILES string of the molecule is CCCCCC[C@@H](C)[Si](c1ccccc1)(c1ccccc1)[C@@H](C)CCCCCC. The molecule has 29 heavy (non-hydrogen) atoms. The van der Waals surface area contributed by atoms with Gasteiger partial charge in [0, 0.05) is 0 Å². The first kappa shape index (κ1) is 23.9. The molecule has 0 aliphatic carbocycles. The summed E-state index contributed by atoms with van der Waals surface area (Å²) in [4.78, 5) is 0. The summed E-state index contributed by atoms with van der Waals surface area (Å²) in [6.45, 7) is 9.80. The first-order chi connectivity index (χ1) is 14.2. The molecule has 0 unspecified atom stereocenters. The lowest BCUT2D eigenvalue weighted by Gasteiger charge is -2.44. The van der Waals surface area contributed by atoms with E-state index in [1.54, 1.807) is 10.4 Å². The molecule has 2 atom stereocenters. The second-order valence-corrected chi connectivity index (χ2v) is 14.0. The van der Waals surface area contributed by atoms with Crippen LogP contribution in [0.2, 0.25) is 11.1 Å². The van der Waals surface area contributed by atoms with Gasteiger partial charge >= 0.3 is 0 Å². The Morgan fingerprint density at radius 3 is 1.28 bits per heavy atom. The Labute approximate surface area is 182 Å². The maximum absolute atomic E-state index is 2.58. The molecule has 0 saturated carbocycles. The zero-order valence-corrected chi connectivity index (χ0v) is 20.5. The molecule has 0 aliphatic heterocycles. The van der Waals surface area contributed by atoms with Gasteiger partial charge in [-0.05, 0) is 11.1 Å². The van der Waals surface area contributed by atoms with Gasteiger partial charge in [0.1, 0.15) is 8.07 Å². The van der Waals surface area contributed by atoms with Crippen molar-refractivity contribution in [1.82, 2.24) is 0 Å². The molecule has 0 heterocycles. The smallest absolute Gasteiger partial charge is 0.0654 e. The lowest BCUT2D eigenvalue weighted by molar-refractivity contribution is 0.594. The van der Waals surface area contributed by atoms with Crippen LogP contribution in [0.1, 0.15) is 91.9 Å². The van der Waals surface area contributed by atoms with Gasteiger partial charge in [-0.25, -0.2) is 0 Å². The van der Waals surface area contributed by atoms with Gasteiger partial charge in [0.15, 0.2) is 0 Å². The van der Waals surface area contributed by atoms with E-state index in [1.165, 1.54) is 64.2 Å². The predicted octanol–water partition coefficient (Wildman–Crippen LogP) is 7.97. The third kappa shape index (κ3) is 6.32. The standard InChI is InChI=1S/C28H44Si/c1-5-7-9-13-19-25(3)29(27-21-15-11-16-22-27,28-23-17-12-18-24-28)26(4)20-14-10-8-6-2/h11-12,15-18,21-26H,5-10,13-14,19-20H2,1-4H3/t25-,26+. The third-order valence-corrected chi connectivity index (χ3v) is 13.3. The molecule has 0 aromatic heterocycles. The van der Waals surface area contributed by atoms with Crippen LogP contribution in [0.3, 0.4) is 0 Å². The van der Waals surface area contributed by atoms with E-state index in [2.05, 4.69) is 88.4 Å². The van der Waals surface area contributed by atoms with Crippen LogP contribution < -0.4 is 10.4 Å². The number of rotatable bonds is 14. The van der Waals surface area contributed by atoms with Crippen LogP contribution in [0.5, 0.6) is 0 Å². The van der Waals surface area contributed by atoms with Crippen LogP contribution in [0.25, 0.3) is 0 Å². The zero-order valence-electron chi connectivity index (χ0n) is 19.5. The number of hydrogen-bond donors (Lipinski definition) is 0. The topological polar surface area (TPSA) is 0 Å². The molecule has 160 valence electrons. The minimum atomic E-state index is -1.87. The lowest BCUT2D eigenvalue weighted by Crippen LogP contribution is -2.63. The maximum Gasteiger partial charge on any atom is 0.123 e. The molecule has 2 rings (SSSR count). The molecule has 0 bridgehead atoms. The molecule has 0 saturated heterocycles. The van der Waals surface area contributed by atoms with Gasteiger partial charge in [0.2, 0.25) is 0 Å². The second-order valence-electron chi connectivity index (χ2n) is 9.10. The Morgan fingerprint density at radius 1 is 0.552 bits per heavy atom. The lowest BCUT2D eigenvalue weighted by atomic mass is 10.1. The first-order valence-corrected chi connectivity index (χ1v) is 14.4. The molecule has 2 aromatic rings. The van der Waals surface area contributed by atoms with E-state index in [-0.39, 0.29) is 0 Å². The van der Waals surface area contributed by atoms with Gasteiger partial charge in [-0.15, -0.1) is 0 Å². The van der Waals surface area contributed by atoms with E-state index in [0.29, 0.717) is 0 Å². The zero-order chi connectivity index (χ0) is 21.0. The van der Waals surface area contributed by atoms with Crippen molar-refractivity contribution in [3.05, 3.63) is 60.7 Å². The van der Waals surface area contributed by atoms with Gasteiger partial charge in [-0.1, -0.05) is 163 Å². The van der Waals surface area contributed by atoms with Gasteiger partial charge in [0.25, 0.3) is 0 Å². The average Bonchev–Trinajstić information content (AvgIpc) is 2.76. The van der Waals surface area contributed by atoms with Crippen molar-refractivity contribution in [3.8, 4) is 0 Å². The highest BCUT2D eigenvalue weighted by Gasteiger charge is 2.46. The van der Waals surface area contributed by atoms with Gasteiger partial charge in [-0.2, -0.15) is 0 Å². The summed E-state index contributed by atoms with van der Waals surface area (Å²) in [7, 11) is -1.87. The fourth-order valence-corrected chi connectivity index (χ4v) is 11.8. The monoisotopic (exact) mass is 408 g/mol. The highest BCUT2D eigenvalue weighted by atomic mass is 28.3. The molecule has 0 N–H and O–H groups in total. The molecule has 1 heteroatoms. The Balaban J connectivity index is 2.41. The Bertz CT molecular complexity index is 589. The Hall–Kier alpha value is -1.34. The van der Waals surface area contributed by atoms with Gasteiger partial charge in [-0.3, -0.25) is 0 Å². The maximum atomic E-state index is 2.58. The Morgan fingerprint density at radius 2 is 0.931 bits per heavy atom. The molecule has 0 fully saturated rings. The van der Waals surface area contributed by atoms with Crippen molar-refractivity contribution in [1.29, 1.82) is 0 Å². The fraction of sp³-hybridized carbons (Fsp3) is 0.571. The van der Waals surface area contributed by atoms with E-state index >= 15 is 0 Å². The first-order valence-electron chi connectivity index (χ1n) is 12.3. The van der Waals surface area contributed by atoms with Crippen LogP contribution >= 0.6 is 0 Å². The molecule has 0 nitrogen and oxygen atoms in total. The summed E-state index contributed by atoms with van der Waals surface area (Å²) >= 11 is 0. The summed E-state index contributed by atoms with van der Waals surface area (Å²) < 4.78 is 0. The Kier molecular flexibility index (Phi) is 10.8. The summed E-state index contributed by atoms with van der Waals surface area (Å²) in [5.74, 6) is 0. The third-order valence-electron chi connectivity index (χ3n) is 7.04. The van der Waals surface area contributed by atoms with Crippen LogP contribution in [0.15, 0.2) is 60.7 Å². The minimum absolute atomic E-state index is 0.769. The highest BCUT2D eigenvalue weighted by molar-refractivity contribution is 7.04. The van der Waals surface area contributed by atoms with Gasteiger partial charge < -0.3 is 0 Å². The number of hydrogen-bond acceptors (Lipinski definition) is 0. The van der Waals surface area contributed by atoms with E-state index in [9.17, 15) is 0 Å². The molecule has 2 aromatic carbocycles. The van der Waals surface area contributed by atoms with Crippen molar-refractivity contribution in [3.63, 3.8) is 0 Å². The van der Waals surface area contributed by atoms with Crippen molar-refractivity contribution in [2.24, 2.45) is 0 Å². The van der Waals surface area contributed by atoms with E-state index in [0.717, 1.165) is 11.1 Å². The quantitative estimate of drug-likeness (QED) is 0.219. The molecule has 0 radical (unpaired) electrons. The van der Waals surface area contributed by atoms with Crippen LogP contribution in [0.4, 0.5) is 0 Å². The van der Waals surface area contributed by atoms with Crippen LogP contribution in [-0.4, -0.2) is 8.07 Å². The molecule has 0 spiro atoms. The van der Waals surface area contributed by atoms with Gasteiger partial charge in [0.05, 0.1) is 0 Å².